The van der Waals surface area contributed by atoms with E-state index in [1.54, 1.807) is 12.1 Å². The largest absolute Gasteiger partial charge is 0.508 e. The van der Waals surface area contributed by atoms with E-state index in [9.17, 15) is 18.3 Å². The minimum atomic E-state index is -1.02. The second kappa shape index (κ2) is 5.52. The van der Waals surface area contributed by atoms with Crippen LogP contribution >= 0.6 is 15.9 Å². The molecule has 0 aliphatic carbocycles. The molecule has 2 N–H and O–H groups in total. The Morgan fingerprint density at radius 3 is 2.32 bits per heavy atom. The van der Waals surface area contributed by atoms with Crippen LogP contribution in [0.4, 0.5) is 18.9 Å². The van der Waals surface area contributed by atoms with Gasteiger partial charge in [0.2, 0.25) is 0 Å². The summed E-state index contributed by atoms with van der Waals surface area (Å²) in [6.07, 6.45) is 0. The molecule has 0 aliphatic rings. The molecule has 0 heterocycles. The van der Waals surface area contributed by atoms with Gasteiger partial charge in [0, 0.05) is 28.7 Å². The molecule has 2 aromatic carbocycles. The predicted molar refractivity (Wildman–Crippen MR) is 69.4 cm³/mol. The summed E-state index contributed by atoms with van der Waals surface area (Å²) < 4.78 is 40.2. The molecule has 6 heteroatoms. The monoisotopic (exact) mass is 331 g/mol. The highest BCUT2D eigenvalue weighted by atomic mass is 79.9. The zero-order chi connectivity index (χ0) is 14.0. The fourth-order valence-electron chi connectivity index (χ4n) is 1.59. The van der Waals surface area contributed by atoms with Crippen molar-refractivity contribution in [3.8, 4) is 5.75 Å². The maximum absolute atomic E-state index is 13.4. The van der Waals surface area contributed by atoms with E-state index < -0.39 is 23.1 Å². The summed E-state index contributed by atoms with van der Waals surface area (Å²) in [5.41, 5.74) is 0.0262. The first kappa shape index (κ1) is 13.7. The molecule has 0 aliphatic heterocycles. The summed E-state index contributed by atoms with van der Waals surface area (Å²) in [6, 6.07) is 5.89. The van der Waals surface area contributed by atoms with Crippen molar-refractivity contribution in [3.63, 3.8) is 0 Å². The maximum atomic E-state index is 13.4. The lowest BCUT2D eigenvalue weighted by molar-refractivity contribution is 0.468. The maximum Gasteiger partial charge on any atom is 0.152 e. The normalized spacial score (nSPS) is 10.5. The molecule has 2 rings (SSSR count). The Hall–Kier alpha value is -1.69. The molecule has 100 valence electrons. The predicted octanol–water partition coefficient (Wildman–Crippen LogP) is 4.18. The highest BCUT2D eigenvalue weighted by molar-refractivity contribution is 9.10. The van der Waals surface area contributed by atoms with E-state index in [2.05, 4.69) is 21.2 Å². The lowest BCUT2D eigenvalue weighted by Crippen LogP contribution is -2.04. The van der Waals surface area contributed by atoms with Crippen LogP contribution in [0, 0.1) is 17.5 Å². The first-order valence-electron chi connectivity index (χ1n) is 5.33. The number of anilines is 1. The number of halogens is 4. The van der Waals surface area contributed by atoms with E-state index in [-0.39, 0.29) is 12.3 Å². The minimum Gasteiger partial charge on any atom is -0.508 e. The van der Waals surface area contributed by atoms with Crippen molar-refractivity contribution in [3.05, 3.63) is 57.8 Å². The van der Waals surface area contributed by atoms with Gasteiger partial charge >= 0.3 is 0 Å². The third-order valence-electron chi connectivity index (χ3n) is 2.50. The van der Waals surface area contributed by atoms with Crippen LogP contribution < -0.4 is 5.32 Å². The minimum absolute atomic E-state index is 0.00127. The molecule has 0 unspecified atom stereocenters. The van der Waals surface area contributed by atoms with Crippen LogP contribution in [0.25, 0.3) is 0 Å². The van der Waals surface area contributed by atoms with Crippen LogP contribution in [0.1, 0.15) is 5.56 Å². The quantitative estimate of drug-likeness (QED) is 0.884. The fraction of sp³-hybridized carbons (Fsp3) is 0.0769. The summed E-state index contributed by atoms with van der Waals surface area (Å²) in [5, 5.41) is 12.1. The van der Waals surface area contributed by atoms with Crippen LogP contribution in [0.2, 0.25) is 0 Å². The molecule has 0 fully saturated rings. The Balaban J connectivity index is 2.21. The highest BCUT2D eigenvalue weighted by Crippen LogP contribution is 2.25. The van der Waals surface area contributed by atoms with E-state index >= 15 is 0 Å². The van der Waals surface area contributed by atoms with Crippen LogP contribution in [-0.2, 0) is 6.54 Å². The van der Waals surface area contributed by atoms with Crippen LogP contribution in [0.5, 0.6) is 5.75 Å². The molecule has 19 heavy (non-hydrogen) atoms. The van der Waals surface area contributed by atoms with Crippen molar-refractivity contribution in [1.29, 1.82) is 0 Å². The van der Waals surface area contributed by atoms with Gasteiger partial charge in [0.05, 0.1) is 0 Å². The van der Waals surface area contributed by atoms with Gasteiger partial charge in [-0.15, -0.1) is 0 Å². The molecule has 0 spiro atoms. The molecule has 2 aromatic rings. The van der Waals surface area contributed by atoms with E-state index in [0.717, 1.165) is 4.47 Å². The zero-order valence-electron chi connectivity index (χ0n) is 9.55. The van der Waals surface area contributed by atoms with E-state index in [1.165, 1.54) is 6.07 Å². The van der Waals surface area contributed by atoms with Gasteiger partial charge in [0.1, 0.15) is 17.3 Å². The SMILES string of the molecule is Oc1ccc(Br)cc1CNc1c(F)cc(F)cc1F. The topological polar surface area (TPSA) is 32.3 Å². The second-order valence-electron chi connectivity index (χ2n) is 3.87. The first-order chi connectivity index (χ1) is 8.97. The number of phenols is 1. The number of nitrogens with one attached hydrogen (secondary N) is 1. The van der Waals surface area contributed by atoms with Crippen molar-refractivity contribution in [2.75, 3.05) is 5.32 Å². The van der Waals surface area contributed by atoms with E-state index in [1.807, 2.05) is 0 Å². The van der Waals surface area contributed by atoms with Crippen molar-refractivity contribution >= 4 is 21.6 Å². The lowest BCUT2D eigenvalue weighted by Gasteiger charge is -2.10. The van der Waals surface area contributed by atoms with Gasteiger partial charge in [-0.3, -0.25) is 0 Å². The molecule has 0 amide bonds. The molecule has 0 saturated carbocycles. The van der Waals surface area contributed by atoms with Crippen molar-refractivity contribution in [2.45, 2.75) is 6.54 Å². The highest BCUT2D eigenvalue weighted by Gasteiger charge is 2.12. The molecule has 0 saturated heterocycles. The zero-order valence-corrected chi connectivity index (χ0v) is 11.1. The molecular formula is C13H9BrF3NO. The Labute approximate surface area is 116 Å². The summed E-state index contributed by atoms with van der Waals surface area (Å²) in [4.78, 5) is 0. The summed E-state index contributed by atoms with van der Waals surface area (Å²) in [6.45, 7) is 0.00471. The Morgan fingerprint density at radius 1 is 1.05 bits per heavy atom. The van der Waals surface area contributed by atoms with Crippen molar-refractivity contribution in [2.24, 2.45) is 0 Å². The summed E-state index contributed by atoms with van der Waals surface area (Å²) >= 11 is 3.22. The summed E-state index contributed by atoms with van der Waals surface area (Å²) in [7, 11) is 0. The number of aromatic hydroxyl groups is 1. The van der Waals surface area contributed by atoms with Gasteiger partial charge in [0.15, 0.2) is 11.6 Å². The number of hydrogen-bond donors (Lipinski definition) is 2. The van der Waals surface area contributed by atoms with Gasteiger partial charge in [-0.2, -0.15) is 0 Å². The fourth-order valence-corrected chi connectivity index (χ4v) is 2.00. The van der Waals surface area contributed by atoms with Crippen molar-refractivity contribution in [1.82, 2.24) is 0 Å². The van der Waals surface area contributed by atoms with Crippen molar-refractivity contribution < 1.29 is 18.3 Å². The molecular weight excluding hydrogens is 323 g/mol. The Bertz CT molecular complexity index is 596. The summed E-state index contributed by atoms with van der Waals surface area (Å²) in [5.74, 6) is -3.02. The smallest absolute Gasteiger partial charge is 0.152 e. The van der Waals surface area contributed by atoms with Crippen LogP contribution in [-0.4, -0.2) is 5.11 Å². The van der Waals surface area contributed by atoms with Gasteiger partial charge < -0.3 is 10.4 Å². The van der Waals surface area contributed by atoms with Gasteiger partial charge in [-0.25, -0.2) is 13.2 Å². The standard InChI is InChI=1S/C13H9BrF3NO/c14-8-1-2-12(19)7(3-8)6-18-13-10(16)4-9(15)5-11(13)17/h1-5,18-19H,6H2. The molecule has 0 radical (unpaired) electrons. The number of benzene rings is 2. The Kier molecular flexibility index (Phi) is 3.99. The van der Waals surface area contributed by atoms with Crippen LogP contribution in [0.3, 0.4) is 0 Å². The molecule has 0 atom stereocenters. The first-order valence-corrected chi connectivity index (χ1v) is 6.12. The Morgan fingerprint density at radius 2 is 1.68 bits per heavy atom. The average Bonchev–Trinajstić information content (AvgIpc) is 2.32. The lowest BCUT2D eigenvalue weighted by atomic mass is 10.2. The molecule has 0 bridgehead atoms. The molecule has 0 aromatic heterocycles. The van der Waals surface area contributed by atoms with Gasteiger partial charge in [-0.05, 0) is 18.2 Å². The second-order valence-corrected chi connectivity index (χ2v) is 4.79. The van der Waals surface area contributed by atoms with Crippen LogP contribution in [0.15, 0.2) is 34.8 Å². The van der Waals surface area contributed by atoms with Gasteiger partial charge in [0.25, 0.3) is 0 Å². The third-order valence-corrected chi connectivity index (χ3v) is 3.00. The van der Waals surface area contributed by atoms with Gasteiger partial charge in [-0.1, -0.05) is 15.9 Å². The average molecular weight is 332 g/mol. The number of phenolic OH excluding ortho intramolecular Hbond substituents is 1. The number of rotatable bonds is 3. The molecule has 2 nitrogen and oxygen atoms in total. The number of hydrogen-bond acceptors (Lipinski definition) is 2. The third kappa shape index (κ3) is 3.20. The van der Waals surface area contributed by atoms with E-state index in [0.29, 0.717) is 17.7 Å². The van der Waals surface area contributed by atoms with E-state index in [4.69, 9.17) is 0 Å².